The quantitative estimate of drug-likeness (QED) is 0.774. The Hall–Kier alpha value is -3.23. The maximum absolute atomic E-state index is 12.6. The van der Waals surface area contributed by atoms with E-state index >= 15 is 0 Å². The fourth-order valence-electron chi connectivity index (χ4n) is 3.95. The number of aliphatic carboxylic acids is 1. The Kier molecular flexibility index (Phi) is 5.52. The van der Waals surface area contributed by atoms with Gasteiger partial charge in [0.05, 0.1) is 19.8 Å². The third kappa shape index (κ3) is 3.79. The summed E-state index contributed by atoms with van der Waals surface area (Å²) in [7, 11) is 0. The monoisotopic (exact) mass is 410 g/mol. The van der Waals surface area contributed by atoms with E-state index < -0.39 is 29.6 Å². The van der Waals surface area contributed by atoms with E-state index in [0.717, 1.165) is 11.1 Å². The molecule has 4 rings (SSSR count). The number of carboxylic acids is 1. The normalized spacial score (nSPS) is 19.7. The average Bonchev–Trinajstić information content (AvgIpc) is 3.40. The average molecular weight is 410 g/mol. The molecular formula is C22H22N2O6. The highest BCUT2D eigenvalue weighted by molar-refractivity contribution is 5.97. The summed E-state index contributed by atoms with van der Waals surface area (Å²) in [6.45, 7) is 0.472. The first kappa shape index (κ1) is 20.1. The number of nitrogens with zero attached hydrogens (tertiary/aromatic N) is 1. The Morgan fingerprint density at radius 1 is 1.00 bits per heavy atom. The van der Waals surface area contributed by atoms with Crippen molar-refractivity contribution in [2.75, 3.05) is 26.3 Å². The zero-order valence-corrected chi connectivity index (χ0v) is 16.2. The van der Waals surface area contributed by atoms with E-state index in [-0.39, 0.29) is 19.5 Å². The van der Waals surface area contributed by atoms with E-state index in [1.165, 1.54) is 4.90 Å². The number of carbonyl (C=O) groups is 3. The van der Waals surface area contributed by atoms with Gasteiger partial charge in [0.15, 0.2) is 6.04 Å². The lowest BCUT2D eigenvalue weighted by atomic mass is 10.0. The van der Waals surface area contributed by atoms with E-state index in [1.54, 1.807) is 12.1 Å². The molecule has 0 bridgehead atoms. The van der Waals surface area contributed by atoms with Crippen LogP contribution in [0.3, 0.4) is 0 Å². The van der Waals surface area contributed by atoms with Crippen LogP contribution in [0, 0.1) is 0 Å². The van der Waals surface area contributed by atoms with Crippen LogP contribution in [0.15, 0.2) is 54.6 Å². The highest BCUT2D eigenvalue weighted by Gasteiger charge is 2.57. The topological polar surface area (TPSA) is 105 Å². The molecule has 2 fully saturated rings. The van der Waals surface area contributed by atoms with Gasteiger partial charge < -0.3 is 24.8 Å². The van der Waals surface area contributed by atoms with E-state index in [0.29, 0.717) is 18.8 Å². The highest BCUT2D eigenvalue weighted by Crippen LogP contribution is 2.36. The number of likely N-dealkylation sites (tertiary alicyclic amines) is 1. The van der Waals surface area contributed by atoms with Crippen LogP contribution in [-0.4, -0.2) is 65.9 Å². The lowest BCUT2D eigenvalue weighted by molar-refractivity contribution is -0.191. The second-order valence-electron chi connectivity index (χ2n) is 7.21. The molecule has 1 atom stereocenters. The van der Waals surface area contributed by atoms with Gasteiger partial charge in [0.1, 0.15) is 0 Å². The van der Waals surface area contributed by atoms with Crippen molar-refractivity contribution >= 4 is 17.8 Å². The molecule has 1 spiro atoms. The lowest BCUT2D eigenvalue weighted by Gasteiger charge is -2.30. The molecule has 8 heteroatoms. The van der Waals surface area contributed by atoms with Gasteiger partial charge in [0.25, 0.3) is 5.91 Å². The Morgan fingerprint density at radius 2 is 1.63 bits per heavy atom. The maximum atomic E-state index is 12.6. The minimum Gasteiger partial charge on any atom is -0.480 e. The second-order valence-corrected chi connectivity index (χ2v) is 7.21. The number of rotatable bonds is 5. The van der Waals surface area contributed by atoms with Crippen molar-refractivity contribution in [3.8, 4) is 11.1 Å². The zero-order valence-electron chi connectivity index (χ0n) is 16.2. The Labute approximate surface area is 173 Å². The Bertz CT molecular complexity index is 938. The largest absolute Gasteiger partial charge is 0.480 e. The number of hydrogen-bond acceptors (Lipinski definition) is 5. The summed E-state index contributed by atoms with van der Waals surface area (Å²) in [5.41, 5.74) is 2.43. The van der Waals surface area contributed by atoms with Gasteiger partial charge in [-0.2, -0.15) is 0 Å². The molecule has 156 valence electrons. The predicted octanol–water partition coefficient (Wildman–Crippen LogP) is 1.51. The van der Waals surface area contributed by atoms with Gasteiger partial charge in [-0.1, -0.05) is 42.5 Å². The minimum absolute atomic E-state index is 0.192. The third-order valence-corrected chi connectivity index (χ3v) is 5.41. The molecule has 2 aromatic carbocycles. The van der Waals surface area contributed by atoms with Crippen molar-refractivity contribution in [2.45, 2.75) is 18.2 Å². The van der Waals surface area contributed by atoms with Crippen LogP contribution in [-0.2, 0) is 19.1 Å². The predicted molar refractivity (Wildman–Crippen MR) is 107 cm³/mol. The molecule has 2 heterocycles. The third-order valence-electron chi connectivity index (χ3n) is 5.41. The fourth-order valence-corrected chi connectivity index (χ4v) is 3.95. The van der Waals surface area contributed by atoms with Gasteiger partial charge in [-0.3, -0.25) is 9.59 Å². The van der Waals surface area contributed by atoms with E-state index in [2.05, 4.69) is 5.32 Å². The van der Waals surface area contributed by atoms with Crippen LogP contribution in [0.2, 0.25) is 0 Å². The van der Waals surface area contributed by atoms with Crippen LogP contribution in [0.4, 0.5) is 0 Å². The maximum Gasteiger partial charge on any atom is 0.332 e. The van der Waals surface area contributed by atoms with Gasteiger partial charge in [-0.05, 0) is 23.3 Å². The van der Waals surface area contributed by atoms with E-state index in [9.17, 15) is 19.5 Å². The molecule has 2 aliphatic heterocycles. The first-order valence-corrected chi connectivity index (χ1v) is 9.74. The molecule has 2 aliphatic rings. The van der Waals surface area contributed by atoms with Crippen molar-refractivity contribution in [1.82, 2.24) is 10.2 Å². The lowest BCUT2D eigenvalue weighted by Crippen LogP contribution is -2.54. The summed E-state index contributed by atoms with van der Waals surface area (Å²) in [5.74, 6) is -3.38. The van der Waals surface area contributed by atoms with Crippen molar-refractivity contribution in [1.29, 1.82) is 0 Å². The van der Waals surface area contributed by atoms with Gasteiger partial charge in [-0.25, -0.2) is 4.79 Å². The van der Waals surface area contributed by atoms with E-state index in [4.69, 9.17) is 9.47 Å². The molecule has 2 aromatic rings. The van der Waals surface area contributed by atoms with Gasteiger partial charge >= 0.3 is 5.97 Å². The van der Waals surface area contributed by atoms with Gasteiger partial charge in [-0.15, -0.1) is 0 Å². The number of carboxylic acid groups (broad SMARTS) is 1. The SMILES string of the molecule is O=C(NCC(=O)N1CCC2(OCCO2)[C@H]1C(=O)O)c1ccc(-c2ccccc2)cc1. The van der Waals surface area contributed by atoms with Crippen LogP contribution in [0.5, 0.6) is 0 Å². The van der Waals surface area contributed by atoms with Crippen molar-refractivity contribution in [3.63, 3.8) is 0 Å². The summed E-state index contributed by atoms with van der Waals surface area (Å²) in [6.07, 6.45) is 0.282. The zero-order chi connectivity index (χ0) is 21.1. The van der Waals surface area contributed by atoms with Gasteiger partial charge in [0, 0.05) is 18.5 Å². The first-order chi connectivity index (χ1) is 14.5. The molecule has 0 saturated carbocycles. The number of carbonyl (C=O) groups excluding carboxylic acids is 2. The van der Waals surface area contributed by atoms with Crippen LogP contribution < -0.4 is 5.32 Å². The molecule has 8 nitrogen and oxygen atoms in total. The van der Waals surface area contributed by atoms with Crippen molar-refractivity contribution in [2.24, 2.45) is 0 Å². The summed E-state index contributed by atoms with van der Waals surface area (Å²) in [5, 5.41) is 12.2. The molecule has 2 saturated heterocycles. The number of ether oxygens (including phenoxy) is 2. The molecule has 2 N–H and O–H groups in total. The van der Waals surface area contributed by atoms with Crippen molar-refractivity contribution in [3.05, 3.63) is 60.2 Å². The molecule has 2 amide bonds. The standard InChI is InChI=1S/C22H22N2O6/c25-18(24-11-10-22(19(24)21(27)28)29-12-13-30-22)14-23-20(26)17-8-6-16(7-9-17)15-4-2-1-3-5-15/h1-9,19H,10-14H2,(H,23,26)(H,27,28)/t19-/m1/s1. The Morgan fingerprint density at radius 3 is 2.27 bits per heavy atom. The minimum atomic E-state index is -1.29. The summed E-state index contributed by atoms with van der Waals surface area (Å²) in [4.78, 5) is 38.0. The van der Waals surface area contributed by atoms with E-state index in [1.807, 2.05) is 42.5 Å². The Balaban J connectivity index is 1.38. The summed E-state index contributed by atoms with van der Waals surface area (Å²) in [6, 6.07) is 15.6. The van der Waals surface area contributed by atoms with Crippen molar-refractivity contribution < 1.29 is 29.0 Å². The molecule has 0 unspecified atom stereocenters. The number of nitrogens with one attached hydrogen (secondary N) is 1. The second kappa shape index (κ2) is 8.25. The van der Waals surface area contributed by atoms with Crippen LogP contribution >= 0.6 is 0 Å². The first-order valence-electron chi connectivity index (χ1n) is 9.74. The van der Waals surface area contributed by atoms with Gasteiger partial charge in [0.2, 0.25) is 11.7 Å². The number of amides is 2. The van der Waals surface area contributed by atoms with Crippen LogP contribution in [0.1, 0.15) is 16.8 Å². The number of hydrogen-bond donors (Lipinski definition) is 2. The fraction of sp³-hybridized carbons (Fsp3) is 0.318. The molecule has 0 aliphatic carbocycles. The molecule has 30 heavy (non-hydrogen) atoms. The smallest absolute Gasteiger partial charge is 0.332 e. The summed E-state index contributed by atoms with van der Waals surface area (Å²) < 4.78 is 11.0. The molecule has 0 aromatic heterocycles. The highest BCUT2D eigenvalue weighted by atomic mass is 16.7. The molecular weight excluding hydrogens is 388 g/mol. The molecule has 0 radical (unpaired) electrons. The number of benzene rings is 2. The van der Waals surface area contributed by atoms with Crippen LogP contribution in [0.25, 0.3) is 11.1 Å². The summed E-state index contributed by atoms with van der Waals surface area (Å²) >= 11 is 0.